The largest absolute Gasteiger partial charge is 0.507 e. The third-order valence-electron chi connectivity index (χ3n) is 4.14. The van der Waals surface area contributed by atoms with Gasteiger partial charge in [0.05, 0.1) is 5.56 Å². The van der Waals surface area contributed by atoms with Crippen molar-refractivity contribution in [1.82, 2.24) is 0 Å². The summed E-state index contributed by atoms with van der Waals surface area (Å²) < 4.78 is 0. The van der Waals surface area contributed by atoms with Crippen LogP contribution in [0, 0.1) is 0 Å². The zero-order valence-corrected chi connectivity index (χ0v) is 13.6. The fourth-order valence-corrected chi connectivity index (χ4v) is 2.75. The van der Waals surface area contributed by atoms with Crippen molar-refractivity contribution in [3.05, 3.63) is 77.4 Å². The quantitative estimate of drug-likeness (QED) is 0.671. The van der Waals surface area contributed by atoms with Gasteiger partial charge in [-0.05, 0) is 33.9 Å². The number of benzene rings is 3. The van der Waals surface area contributed by atoms with Gasteiger partial charge in [-0.25, -0.2) is 0 Å². The molecule has 0 aliphatic carbocycles. The Labute approximate surface area is 136 Å². The Kier molecular flexibility index (Phi) is 3.69. The summed E-state index contributed by atoms with van der Waals surface area (Å²) in [6.45, 7) is 6.27. The van der Waals surface area contributed by atoms with Crippen molar-refractivity contribution in [2.24, 2.45) is 0 Å². The second kappa shape index (κ2) is 5.54. The number of phenols is 1. The summed E-state index contributed by atoms with van der Waals surface area (Å²) in [6, 6.07) is 18.8. The first-order chi connectivity index (χ1) is 10.9. The van der Waals surface area contributed by atoms with Gasteiger partial charge < -0.3 is 5.11 Å². The van der Waals surface area contributed by atoms with E-state index in [9.17, 15) is 9.90 Å². The van der Waals surface area contributed by atoms with E-state index in [1.54, 1.807) is 12.1 Å². The fourth-order valence-electron chi connectivity index (χ4n) is 2.75. The summed E-state index contributed by atoms with van der Waals surface area (Å²) in [4.78, 5) is 13.0. The Bertz CT molecular complexity index is 880. The van der Waals surface area contributed by atoms with Crippen LogP contribution in [-0.4, -0.2) is 10.9 Å². The van der Waals surface area contributed by atoms with Crippen LogP contribution in [0.2, 0.25) is 0 Å². The predicted molar refractivity (Wildman–Crippen MR) is 94.2 cm³/mol. The lowest BCUT2D eigenvalue weighted by atomic mass is 9.85. The van der Waals surface area contributed by atoms with Gasteiger partial charge in [0.2, 0.25) is 0 Å². The molecule has 116 valence electrons. The molecule has 0 saturated heterocycles. The molecule has 0 spiro atoms. The average Bonchev–Trinajstić information content (AvgIpc) is 2.53. The molecular weight excluding hydrogens is 284 g/mol. The molecule has 0 aromatic heterocycles. The van der Waals surface area contributed by atoms with Gasteiger partial charge in [-0.2, -0.15) is 0 Å². The van der Waals surface area contributed by atoms with Gasteiger partial charge in [0.25, 0.3) is 0 Å². The van der Waals surface area contributed by atoms with Gasteiger partial charge in [0.1, 0.15) is 5.75 Å². The lowest BCUT2D eigenvalue weighted by Crippen LogP contribution is -2.13. The zero-order chi connectivity index (χ0) is 16.6. The highest BCUT2D eigenvalue weighted by Crippen LogP contribution is 2.30. The number of rotatable bonds is 2. The highest BCUT2D eigenvalue weighted by molar-refractivity contribution is 6.17. The molecule has 0 saturated carbocycles. The SMILES string of the molecule is CC(C)(C)c1ccc(O)c(C(=O)c2cccc3ccccc23)c1. The van der Waals surface area contributed by atoms with Crippen molar-refractivity contribution in [2.75, 3.05) is 0 Å². The topological polar surface area (TPSA) is 37.3 Å². The molecule has 3 aromatic carbocycles. The molecule has 2 nitrogen and oxygen atoms in total. The van der Waals surface area contributed by atoms with Crippen molar-refractivity contribution >= 4 is 16.6 Å². The molecule has 3 rings (SSSR count). The normalized spacial score (nSPS) is 11.6. The van der Waals surface area contributed by atoms with Gasteiger partial charge in [0, 0.05) is 5.56 Å². The number of ketones is 1. The third kappa shape index (κ3) is 2.85. The molecule has 0 aliphatic rings. The summed E-state index contributed by atoms with van der Waals surface area (Å²) in [5, 5.41) is 12.1. The van der Waals surface area contributed by atoms with Crippen LogP contribution >= 0.6 is 0 Å². The maximum absolute atomic E-state index is 13.0. The standard InChI is InChI=1S/C21H20O2/c1-21(2,3)15-11-12-19(22)18(13-15)20(23)17-10-6-8-14-7-4-5-9-16(14)17/h4-13,22H,1-3H3. The van der Waals surface area contributed by atoms with Crippen LogP contribution in [0.3, 0.4) is 0 Å². The Hall–Kier alpha value is -2.61. The van der Waals surface area contributed by atoms with E-state index in [0.29, 0.717) is 11.1 Å². The number of hydrogen-bond donors (Lipinski definition) is 1. The monoisotopic (exact) mass is 304 g/mol. The molecule has 0 amide bonds. The number of carbonyl (C=O) groups excluding carboxylic acids is 1. The Morgan fingerprint density at radius 1 is 0.870 bits per heavy atom. The van der Waals surface area contributed by atoms with Crippen LogP contribution in [0.1, 0.15) is 42.3 Å². The van der Waals surface area contributed by atoms with E-state index in [-0.39, 0.29) is 16.9 Å². The Balaban J connectivity index is 2.17. The van der Waals surface area contributed by atoms with E-state index >= 15 is 0 Å². The van der Waals surface area contributed by atoms with Crippen LogP contribution in [0.15, 0.2) is 60.7 Å². The minimum Gasteiger partial charge on any atom is -0.507 e. The van der Waals surface area contributed by atoms with Crippen molar-refractivity contribution in [1.29, 1.82) is 0 Å². The zero-order valence-electron chi connectivity index (χ0n) is 13.6. The van der Waals surface area contributed by atoms with Crippen molar-refractivity contribution < 1.29 is 9.90 Å². The van der Waals surface area contributed by atoms with Gasteiger partial charge in [-0.1, -0.05) is 69.3 Å². The van der Waals surface area contributed by atoms with E-state index in [1.807, 2.05) is 48.5 Å². The molecule has 0 heterocycles. The van der Waals surface area contributed by atoms with Gasteiger partial charge >= 0.3 is 0 Å². The first kappa shape index (κ1) is 15.3. The lowest BCUT2D eigenvalue weighted by Gasteiger charge is -2.20. The summed E-state index contributed by atoms with van der Waals surface area (Å²) in [6.07, 6.45) is 0. The fraction of sp³-hybridized carbons (Fsp3) is 0.190. The highest BCUT2D eigenvalue weighted by atomic mass is 16.3. The van der Waals surface area contributed by atoms with E-state index in [1.165, 1.54) is 0 Å². The third-order valence-corrected chi connectivity index (χ3v) is 4.14. The maximum atomic E-state index is 13.0. The smallest absolute Gasteiger partial charge is 0.197 e. The second-order valence-corrected chi connectivity index (χ2v) is 6.84. The van der Waals surface area contributed by atoms with Crippen molar-refractivity contribution in [2.45, 2.75) is 26.2 Å². The Morgan fingerprint density at radius 2 is 1.57 bits per heavy atom. The number of phenolic OH excluding ortho intramolecular Hbond substituents is 1. The molecule has 0 fully saturated rings. The van der Waals surface area contributed by atoms with Crippen molar-refractivity contribution in [3.8, 4) is 5.75 Å². The minimum absolute atomic E-state index is 0.0240. The molecule has 1 N–H and O–H groups in total. The molecule has 0 radical (unpaired) electrons. The van der Waals surface area contributed by atoms with Gasteiger partial charge in [-0.3, -0.25) is 4.79 Å². The molecule has 0 bridgehead atoms. The lowest BCUT2D eigenvalue weighted by molar-refractivity contribution is 0.103. The average molecular weight is 304 g/mol. The summed E-state index contributed by atoms with van der Waals surface area (Å²) in [7, 11) is 0. The first-order valence-electron chi connectivity index (χ1n) is 7.74. The molecular formula is C21H20O2. The summed E-state index contributed by atoms with van der Waals surface area (Å²) >= 11 is 0. The van der Waals surface area contributed by atoms with Crippen LogP contribution < -0.4 is 0 Å². The van der Waals surface area contributed by atoms with Crippen LogP contribution in [0.25, 0.3) is 10.8 Å². The first-order valence-corrected chi connectivity index (χ1v) is 7.74. The summed E-state index contributed by atoms with van der Waals surface area (Å²) in [5.74, 6) is -0.124. The van der Waals surface area contributed by atoms with Gasteiger partial charge in [-0.15, -0.1) is 0 Å². The molecule has 2 heteroatoms. The number of aromatic hydroxyl groups is 1. The van der Waals surface area contributed by atoms with E-state index in [0.717, 1.165) is 16.3 Å². The molecule has 0 aliphatic heterocycles. The molecule has 0 atom stereocenters. The predicted octanol–water partition coefficient (Wildman–Crippen LogP) is 5.07. The van der Waals surface area contributed by atoms with Gasteiger partial charge in [0.15, 0.2) is 5.78 Å². The van der Waals surface area contributed by atoms with Crippen LogP contribution in [0.5, 0.6) is 5.75 Å². The number of carbonyl (C=O) groups is 1. The van der Waals surface area contributed by atoms with Crippen LogP contribution in [0.4, 0.5) is 0 Å². The highest BCUT2D eigenvalue weighted by Gasteiger charge is 2.20. The van der Waals surface area contributed by atoms with E-state index in [4.69, 9.17) is 0 Å². The number of hydrogen-bond acceptors (Lipinski definition) is 2. The number of fused-ring (bicyclic) bond motifs is 1. The summed E-state index contributed by atoms with van der Waals surface area (Å²) in [5.41, 5.74) is 1.92. The molecule has 3 aromatic rings. The Morgan fingerprint density at radius 3 is 2.30 bits per heavy atom. The second-order valence-electron chi connectivity index (χ2n) is 6.84. The minimum atomic E-state index is -0.148. The molecule has 23 heavy (non-hydrogen) atoms. The maximum Gasteiger partial charge on any atom is 0.197 e. The van der Waals surface area contributed by atoms with Crippen molar-refractivity contribution in [3.63, 3.8) is 0 Å². The van der Waals surface area contributed by atoms with E-state index < -0.39 is 0 Å². The molecule has 0 unspecified atom stereocenters. The van der Waals surface area contributed by atoms with Crippen LogP contribution in [-0.2, 0) is 5.41 Å². The van der Waals surface area contributed by atoms with E-state index in [2.05, 4.69) is 20.8 Å².